The third-order valence-electron chi connectivity index (χ3n) is 1.80. The molecule has 0 aliphatic rings. The normalized spacial score (nSPS) is 11.5. The number of imidazole rings is 1. The first-order valence-electron chi connectivity index (χ1n) is 4.03. The molecule has 15 heavy (non-hydrogen) atoms. The summed E-state index contributed by atoms with van der Waals surface area (Å²) in [5, 5.41) is 17.2. The van der Waals surface area contributed by atoms with Gasteiger partial charge < -0.3 is 14.8 Å². The van der Waals surface area contributed by atoms with Crippen molar-refractivity contribution in [2.75, 3.05) is 0 Å². The Morgan fingerprint density at radius 1 is 1.40 bits per heavy atom. The Balaban J connectivity index is 0.00000196. The van der Waals surface area contributed by atoms with Crippen LogP contribution in [0.4, 0.5) is 0 Å². The molecule has 0 amide bonds. The van der Waals surface area contributed by atoms with Crippen LogP contribution in [-0.4, -0.2) is 31.7 Å². The van der Waals surface area contributed by atoms with E-state index in [-0.39, 0.29) is 29.8 Å². The molecule has 1 rings (SSSR count). The van der Waals surface area contributed by atoms with Crippen LogP contribution in [0.1, 0.15) is 18.9 Å². The molecule has 84 valence electrons. The first-order valence-corrected chi connectivity index (χ1v) is 4.03. The maximum absolute atomic E-state index is 10.8. The highest BCUT2D eigenvalue weighted by molar-refractivity contribution is 8.93. The molecule has 1 unspecified atom stereocenters. The topological polar surface area (TPSA) is 92.4 Å². The molecule has 0 bridgehead atoms. The molecule has 0 saturated carbocycles. The van der Waals surface area contributed by atoms with Crippen molar-refractivity contribution >= 4 is 28.9 Å². The van der Waals surface area contributed by atoms with Gasteiger partial charge in [0.15, 0.2) is 0 Å². The van der Waals surface area contributed by atoms with E-state index in [0.717, 1.165) is 0 Å². The van der Waals surface area contributed by atoms with Crippen molar-refractivity contribution in [1.82, 2.24) is 9.55 Å². The summed E-state index contributed by atoms with van der Waals surface area (Å²) in [6.45, 7) is 0. The van der Waals surface area contributed by atoms with Crippen molar-refractivity contribution in [3.8, 4) is 0 Å². The number of rotatable bonds is 5. The number of aromatic nitrogens is 2. The van der Waals surface area contributed by atoms with E-state index in [0.29, 0.717) is 0 Å². The van der Waals surface area contributed by atoms with Crippen molar-refractivity contribution in [2.45, 2.75) is 18.9 Å². The molecule has 1 aromatic rings. The van der Waals surface area contributed by atoms with E-state index >= 15 is 0 Å². The van der Waals surface area contributed by atoms with Crippen LogP contribution in [0.3, 0.4) is 0 Å². The van der Waals surface area contributed by atoms with Gasteiger partial charge in [-0.3, -0.25) is 4.79 Å². The lowest BCUT2D eigenvalue weighted by molar-refractivity contribution is -0.142. The molecule has 0 aromatic carbocycles. The molecule has 7 heteroatoms. The second-order valence-corrected chi connectivity index (χ2v) is 2.80. The average Bonchev–Trinajstić information content (AvgIpc) is 2.56. The number of carboxylic acids is 2. The van der Waals surface area contributed by atoms with Crippen LogP contribution in [0.5, 0.6) is 0 Å². The van der Waals surface area contributed by atoms with Gasteiger partial charge in [0.2, 0.25) is 0 Å². The lowest BCUT2D eigenvalue weighted by Crippen LogP contribution is -2.18. The fourth-order valence-electron chi connectivity index (χ4n) is 1.11. The van der Waals surface area contributed by atoms with Gasteiger partial charge >= 0.3 is 11.9 Å². The van der Waals surface area contributed by atoms with E-state index in [9.17, 15) is 9.59 Å². The number of halogens is 1. The van der Waals surface area contributed by atoms with E-state index in [1.807, 2.05) is 0 Å². The second-order valence-electron chi connectivity index (χ2n) is 2.80. The van der Waals surface area contributed by atoms with Crippen LogP contribution in [0, 0.1) is 0 Å². The van der Waals surface area contributed by atoms with Gasteiger partial charge in [0.25, 0.3) is 0 Å². The summed E-state index contributed by atoms with van der Waals surface area (Å²) < 4.78 is 1.38. The summed E-state index contributed by atoms with van der Waals surface area (Å²) in [5.74, 6) is -2.05. The Hall–Kier alpha value is -1.37. The van der Waals surface area contributed by atoms with Crippen LogP contribution in [-0.2, 0) is 9.59 Å². The molecule has 0 radical (unpaired) electrons. The van der Waals surface area contributed by atoms with Gasteiger partial charge in [0.1, 0.15) is 6.04 Å². The van der Waals surface area contributed by atoms with Crippen LogP contribution < -0.4 is 0 Å². The summed E-state index contributed by atoms with van der Waals surface area (Å²) in [5.41, 5.74) is 0. The first-order chi connectivity index (χ1) is 6.61. The maximum Gasteiger partial charge on any atom is 0.326 e. The zero-order valence-electron chi connectivity index (χ0n) is 7.74. The quantitative estimate of drug-likeness (QED) is 0.837. The smallest absolute Gasteiger partial charge is 0.326 e. The summed E-state index contributed by atoms with van der Waals surface area (Å²) in [7, 11) is 0. The number of hydrogen-bond donors (Lipinski definition) is 2. The monoisotopic (exact) mass is 278 g/mol. The number of hydrogen-bond acceptors (Lipinski definition) is 3. The molecule has 0 aliphatic heterocycles. The number of carbonyl (C=O) groups is 2. The third-order valence-corrected chi connectivity index (χ3v) is 1.80. The van der Waals surface area contributed by atoms with Crippen LogP contribution in [0.15, 0.2) is 18.7 Å². The molecule has 1 heterocycles. The van der Waals surface area contributed by atoms with Crippen LogP contribution >= 0.6 is 17.0 Å². The van der Waals surface area contributed by atoms with Gasteiger partial charge in [-0.1, -0.05) is 0 Å². The summed E-state index contributed by atoms with van der Waals surface area (Å²) >= 11 is 0. The Bertz CT molecular complexity index is 325. The number of aliphatic carboxylic acids is 2. The standard InChI is InChI=1S/C8H10N2O4.BrH/c11-7(12)2-1-6(8(13)14)10-4-3-9-5-10;/h3-6H,1-2H2,(H,11,12)(H,13,14);1H. The molecule has 0 spiro atoms. The molecule has 0 fully saturated rings. The molecular weight excluding hydrogens is 268 g/mol. The zero-order valence-corrected chi connectivity index (χ0v) is 9.45. The van der Waals surface area contributed by atoms with Crippen LogP contribution in [0.25, 0.3) is 0 Å². The van der Waals surface area contributed by atoms with E-state index in [1.54, 1.807) is 0 Å². The lowest BCUT2D eigenvalue weighted by atomic mass is 10.1. The molecule has 0 aliphatic carbocycles. The van der Waals surface area contributed by atoms with Gasteiger partial charge in [0.05, 0.1) is 6.33 Å². The van der Waals surface area contributed by atoms with Crippen molar-refractivity contribution in [3.63, 3.8) is 0 Å². The summed E-state index contributed by atoms with van der Waals surface area (Å²) in [6, 6.07) is -0.853. The van der Waals surface area contributed by atoms with Gasteiger partial charge in [0, 0.05) is 18.8 Å². The average molecular weight is 279 g/mol. The number of nitrogens with zero attached hydrogens (tertiary/aromatic N) is 2. The fraction of sp³-hybridized carbons (Fsp3) is 0.375. The summed E-state index contributed by atoms with van der Waals surface area (Å²) in [6.07, 6.45) is 4.20. The minimum absolute atomic E-state index is 0. The highest BCUT2D eigenvalue weighted by Crippen LogP contribution is 2.13. The zero-order chi connectivity index (χ0) is 10.6. The molecule has 1 atom stereocenters. The molecule has 1 aromatic heterocycles. The molecule has 6 nitrogen and oxygen atoms in total. The maximum atomic E-state index is 10.8. The third kappa shape index (κ3) is 4.11. The van der Waals surface area contributed by atoms with Gasteiger partial charge in [-0.25, -0.2) is 9.78 Å². The molecule has 0 saturated heterocycles. The van der Waals surface area contributed by atoms with E-state index in [4.69, 9.17) is 10.2 Å². The summed E-state index contributed by atoms with van der Waals surface area (Å²) in [4.78, 5) is 24.8. The number of carboxylic acid groups (broad SMARTS) is 2. The van der Waals surface area contributed by atoms with Crippen molar-refractivity contribution in [1.29, 1.82) is 0 Å². The fourth-order valence-corrected chi connectivity index (χ4v) is 1.11. The highest BCUT2D eigenvalue weighted by Gasteiger charge is 2.19. The molecular formula is C8H11BrN2O4. The Morgan fingerprint density at radius 2 is 2.07 bits per heavy atom. The Morgan fingerprint density at radius 3 is 2.47 bits per heavy atom. The molecule has 2 N–H and O–H groups in total. The van der Waals surface area contributed by atoms with Gasteiger partial charge in [-0.15, -0.1) is 17.0 Å². The predicted molar refractivity (Wildman–Crippen MR) is 56.1 cm³/mol. The van der Waals surface area contributed by atoms with E-state index in [1.165, 1.54) is 23.3 Å². The Kier molecular flexibility index (Phi) is 5.61. The lowest BCUT2D eigenvalue weighted by Gasteiger charge is -2.11. The minimum Gasteiger partial charge on any atom is -0.481 e. The van der Waals surface area contributed by atoms with Crippen molar-refractivity contribution in [2.24, 2.45) is 0 Å². The van der Waals surface area contributed by atoms with Gasteiger partial charge in [-0.2, -0.15) is 0 Å². The van der Waals surface area contributed by atoms with E-state index in [2.05, 4.69) is 4.98 Å². The van der Waals surface area contributed by atoms with Gasteiger partial charge in [-0.05, 0) is 6.42 Å². The second kappa shape index (κ2) is 6.18. The SMILES string of the molecule is Br.O=C(O)CCC(C(=O)O)n1ccnc1. The largest absolute Gasteiger partial charge is 0.481 e. The Labute approximate surface area is 96.3 Å². The van der Waals surface area contributed by atoms with Crippen LogP contribution in [0.2, 0.25) is 0 Å². The predicted octanol–water partition coefficient (Wildman–Crippen LogP) is 0.951. The minimum atomic E-state index is -1.05. The van der Waals surface area contributed by atoms with E-state index < -0.39 is 18.0 Å². The first kappa shape index (κ1) is 13.6. The highest BCUT2D eigenvalue weighted by atomic mass is 79.9. The van der Waals surface area contributed by atoms with Crippen molar-refractivity contribution in [3.05, 3.63) is 18.7 Å². The van der Waals surface area contributed by atoms with Crippen molar-refractivity contribution < 1.29 is 19.8 Å².